The number of benzene rings is 1. The second-order valence-electron chi connectivity index (χ2n) is 5.74. The zero-order valence-corrected chi connectivity index (χ0v) is 15.0. The first kappa shape index (κ1) is 18.9. The summed E-state index contributed by atoms with van der Waals surface area (Å²) in [7, 11) is 0. The van der Waals surface area contributed by atoms with Gasteiger partial charge in [-0.25, -0.2) is 0 Å². The van der Waals surface area contributed by atoms with Crippen molar-refractivity contribution in [1.82, 2.24) is 15.2 Å². The molecule has 0 aliphatic carbocycles. The van der Waals surface area contributed by atoms with E-state index in [0.29, 0.717) is 24.7 Å². The van der Waals surface area contributed by atoms with Crippen LogP contribution in [0.2, 0.25) is 5.02 Å². The molecule has 0 unspecified atom stereocenters. The Morgan fingerprint density at radius 3 is 2.56 bits per heavy atom. The van der Waals surface area contributed by atoms with E-state index in [1.807, 2.05) is 42.5 Å². The van der Waals surface area contributed by atoms with Crippen LogP contribution in [-0.4, -0.2) is 34.8 Å². The molecule has 0 aliphatic rings. The number of hydrogen-bond acceptors (Lipinski definition) is 3. The molecule has 0 bridgehead atoms. The predicted octanol–water partition coefficient (Wildman–Crippen LogP) is 2.83. The van der Waals surface area contributed by atoms with E-state index in [1.54, 1.807) is 11.1 Å². The molecule has 2 aromatic rings. The van der Waals surface area contributed by atoms with Crippen molar-refractivity contribution in [3.8, 4) is 0 Å². The molecule has 1 N–H and O–H groups in total. The Hall–Kier alpha value is -2.40. The van der Waals surface area contributed by atoms with Crippen LogP contribution in [0.5, 0.6) is 0 Å². The summed E-state index contributed by atoms with van der Waals surface area (Å²) >= 11 is 5.84. The summed E-state index contributed by atoms with van der Waals surface area (Å²) in [6, 6.07) is 13.1. The van der Waals surface area contributed by atoms with Crippen molar-refractivity contribution in [3.63, 3.8) is 0 Å². The number of hydrogen-bond donors (Lipinski definition) is 1. The van der Waals surface area contributed by atoms with Crippen LogP contribution in [0.1, 0.15) is 24.6 Å². The Labute approximate surface area is 153 Å². The summed E-state index contributed by atoms with van der Waals surface area (Å²) in [4.78, 5) is 29.6. The van der Waals surface area contributed by atoms with Crippen molar-refractivity contribution < 1.29 is 9.59 Å². The lowest BCUT2D eigenvalue weighted by Crippen LogP contribution is -2.34. The maximum absolute atomic E-state index is 12.0. The lowest BCUT2D eigenvalue weighted by molar-refractivity contribution is -0.130. The van der Waals surface area contributed by atoms with Gasteiger partial charge in [0.15, 0.2) is 0 Å². The number of aromatic nitrogens is 1. The maximum atomic E-state index is 12.0. The highest BCUT2D eigenvalue weighted by atomic mass is 35.5. The quantitative estimate of drug-likeness (QED) is 0.788. The summed E-state index contributed by atoms with van der Waals surface area (Å²) in [5.74, 6) is -0.138. The number of halogens is 1. The average molecular weight is 360 g/mol. The fraction of sp³-hybridized carbons (Fsp3) is 0.316. The van der Waals surface area contributed by atoms with Crippen molar-refractivity contribution in [1.29, 1.82) is 0 Å². The topological polar surface area (TPSA) is 62.3 Å². The third kappa shape index (κ3) is 6.93. The Morgan fingerprint density at radius 2 is 1.92 bits per heavy atom. The highest BCUT2D eigenvalue weighted by Crippen LogP contribution is 2.09. The van der Waals surface area contributed by atoms with Crippen molar-refractivity contribution in [2.24, 2.45) is 0 Å². The van der Waals surface area contributed by atoms with Crippen LogP contribution in [0, 0.1) is 0 Å². The molecular formula is C19H22ClN3O2. The van der Waals surface area contributed by atoms with Gasteiger partial charge in [-0.1, -0.05) is 29.8 Å². The van der Waals surface area contributed by atoms with Gasteiger partial charge in [-0.2, -0.15) is 0 Å². The van der Waals surface area contributed by atoms with E-state index in [-0.39, 0.29) is 18.2 Å². The van der Waals surface area contributed by atoms with Gasteiger partial charge in [0.05, 0.1) is 12.2 Å². The van der Waals surface area contributed by atoms with Gasteiger partial charge in [0, 0.05) is 37.7 Å². The summed E-state index contributed by atoms with van der Waals surface area (Å²) in [5.41, 5.74) is 1.92. The largest absolute Gasteiger partial charge is 0.356 e. The minimum absolute atomic E-state index is 0.0683. The van der Waals surface area contributed by atoms with E-state index in [0.717, 1.165) is 17.7 Å². The molecule has 2 amide bonds. The molecule has 132 valence electrons. The fourth-order valence-electron chi connectivity index (χ4n) is 2.36. The van der Waals surface area contributed by atoms with Gasteiger partial charge in [0.1, 0.15) is 0 Å². The van der Waals surface area contributed by atoms with E-state index in [2.05, 4.69) is 10.3 Å². The first-order valence-electron chi connectivity index (χ1n) is 8.21. The number of carbonyl (C=O) groups is 2. The van der Waals surface area contributed by atoms with Crippen molar-refractivity contribution in [2.45, 2.75) is 26.3 Å². The summed E-state index contributed by atoms with van der Waals surface area (Å²) in [6.45, 7) is 2.84. The van der Waals surface area contributed by atoms with Gasteiger partial charge < -0.3 is 10.2 Å². The van der Waals surface area contributed by atoms with Gasteiger partial charge in [-0.3, -0.25) is 14.6 Å². The van der Waals surface area contributed by atoms with Gasteiger partial charge >= 0.3 is 0 Å². The molecule has 0 fully saturated rings. The number of amides is 2. The Morgan fingerprint density at radius 1 is 1.16 bits per heavy atom. The van der Waals surface area contributed by atoms with Crippen LogP contribution in [0.15, 0.2) is 48.7 Å². The smallest absolute Gasteiger partial charge is 0.221 e. The SMILES string of the molecule is CC(=O)N(CCC(=O)NCCc1ccc(Cl)cc1)Cc1ccccn1. The summed E-state index contributed by atoms with van der Waals surface area (Å²) in [6.07, 6.45) is 2.71. The van der Waals surface area contributed by atoms with Gasteiger partial charge in [0.25, 0.3) is 0 Å². The lowest BCUT2D eigenvalue weighted by atomic mass is 10.1. The zero-order chi connectivity index (χ0) is 18.1. The third-order valence-electron chi connectivity index (χ3n) is 3.78. The van der Waals surface area contributed by atoms with E-state index < -0.39 is 0 Å². The van der Waals surface area contributed by atoms with E-state index in [1.165, 1.54) is 6.92 Å². The van der Waals surface area contributed by atoms with Crippen LogP contribution in [0.4, 0.5) is 0 Å². The van der Waals surface area contributed by atoms with Crippen LogP contribution in [0.3, 0.4) is 0 Å². The minimum atomic E-state index is -0.0698. The summed E-state index contributed by atoms with van der Waals surface area (Å²) < 4.78 is 0. The standard InChI is InChI=1S/C19H22ClN3O2/c1-15(24)23(14-18-4-2-3-11-21-18)13-10-19(25)22-12-9-16-5-7-17(20)8-6-16/h2-8,11H,9-10,12-14H2,1H3,(H,22,25). The van der Waals surface area contributed by atoms with Crippen molar-refractivity contribution >= 4 is 23.4 Å². The second kappa shape index (κ2) is 9.79. The number of carbonyl (C=O) groups excluding carboxylic acids is 2. The second-order valence-corrected chi connectivity index (χ2v) is 6.17. The highest BCUT2D eigenvalue weighted by molar-refractivity contribution is 6.30. The van der Waals surface area contributed by atoms with Crippen molar-refractivity contribution in [3.05, 3.63) is 64.9 Å². The molecule has 5 nitrogen and oxygen atoms in total. The third-order valence-corrected chi connectivity index (χ3v) is 4.03. The molecule has 0 saturated heterocycles. The molecule has 2 rings (SSSR count). The normalized spacial score (nSPS) is 10.3. The number of rotatable bonds is 8. The molecule has 1 heterocycles. The van der Waals surface area contributed by atoms with Crippen molar-refractivity contribution in [2.75, 3.05) is 13.1 Å². The molecule has 6 heteroatoms. The molecule has 0 radical (unpaired) electrons. The first-order valence-corrected chi connectivity index (χ1v) is 8.59. The molecule has 0 spiro atoms. The zero-order valence-electron chi connectivity index (χ0n) is 14.2. The molecule has 0 saturated carbocycles. The average Bonchev–Trinajstić information content (AvgIpc) is 2.61. The van der Waals surface area contributed by atoms with Crippen LogP contribution in [-0.2, 0) is 22.6 Å². The molecule has 1 aromatic heterocycles. The maximum Gasteiger partial charge on any atom is 0.221 e. The minimum Gasteiger partial charge on any atom is -0.356 e. The summed E-state index contributed by atoms with van der Waals surface area (Å²) in [5, 5.41) is 3.58. The van der Waals surface area contributed by atoms with E-state index in [4.69, 9.17) is 11.6 Å². The Bertz CT molecular complexity index is 690. The number of nitrogens with one attached hydrogen (secondary N) is 1. The van der Waals surface area contributed by atoms with E-state index >= 15 is 0 Å². The Kier molecular flexibility index (Phi) is 7.41. The molecule has 25 heavy (non-hydrogen) atoms. The van der Waals surface area contributed by atoms with Crippen LogP contribution >= 0.6 is 11.6 Å². The molecule has 0 aliphatic heterocycles. The Balaban J connectivity index is 1.73. The molecular weight excluding hydrogens is 338 g/mol. The highest BCUT2D eigenvalue weighted by Gasteiger charge is 2.12. The van der Waals surface area contributed by atoms with Crippen LogP contribution in [0.25, 0.3) is 0 Å². The van der Waals surface area contributed by atoms with E-state index in [9.17, 15) is 9.59 Å². The monoisotopic (exact) mass is 359 g/mol. The number of nitrogens with zero attached hydrogens (tertiary/aromatic N) is 2. The molecule has 0 atom stereocenters. The lowest BCUT2D eigenvalue weighted by Gasteiger charge is -2.20. The first-order chi connectivity index (χ1) is 12.0. The van der Waals surface area contributed by atoms with Gasteiger partial charge in [0.2, 0.25) is 11.8 Å². The van der Waals surface area contributed by atoms with Gasteiger partial charge in [-0.05, 0) is 36.2 Å². The van der Waals surface area contributed by atoms with Crippen LogP contribution < -0.4 is 5.32 Å². The number of pyridine rings is 1. The van der Waals surface area contributed by atoms with Gasteiger partial charge in [-0.15, -0.1) is 0 Å². The fourth-order valence-corrected chi connectivity index (χ4v) is 2.48. The predicted molar refractivity (Wildman–Crippen MR) is 98.1 cm³/mol. The molecule has 1 aromatic carbocycles.